The lowest BCUT2D eigenvalue weighted by Crippen LogP contribution is -1.54. The van der Waals surface area contributed by atoms with Gasteiger partial charge in [-0.15, -0.1) is 0 Å². The van der Waals surface area contributed by atoms with Crippen molar-refractivity contribution >= 4 is 18.2 Å². The van der Waals surface area contributed by atoms with Gasteiger partial charge in [0.25, 0.3) is 0 Å². The van der Waals surface area contributed by atoms with Gasteiger partial charge < -0.3 is 9.79 Å². The summed E-state index contributed by atoms with van der Waals surface area (Å²) in [7, 11) is 0. The van der Waals surface area contributed by atoms with Crippen LogP contribution >= 0.6 is 18.2 Å². The molecule has 0 aliphatic rings. The molecule has 0 unspecified atom stereocenters. The highest BCUT2D eigenvalue weighted by atomic mass is 35.7. The summed E-state index contributed by atoms with van der Waals surface area (Å²) >= 11 is 4.20. The molecular formula is C6H8ClO3P. The summed E-state index contributed by atoms with van der Waals surface area (Å²) in [6.45, 7) is -4.17. The molecule has 62 valence electrons. The Morgan fingerprint density at radius 3 is 1.09 bits per heavy atom. The van der Waals surface area contributed by atoms with Crippen molar-refractivity contribution in [2.24, 2.45) is 0 Å². The molecular weight excluding hydrogens is 186 g/mol. The minimum atomic E-state index is -4.17. The van der Waals surface area contributed by atoms with E-state index in [1.54, 1.807) is 0 Å². The fraction of sp³-hybridized carbons (Fsp3) is 0. The Labute approximate surface area is 69.6 Å². The quantitative estimate of drug-likeness (QED) is 0.621. The number of hydrogen-bond donors (Lipinski definition) is 2. The molecule has 1 aromatic carbocycles. The Kier molecular flexibility index (Phi) is 5.16. The van der Waals surface area contributed by atoms with E-state index in [0.29, 0.717) is 0 Å². The van der Waals surface area contributed by atoms with E-state index in [0.717, 1.165) is 0 Å². The summed E-state index contributed by atoms with van der Waals surface area (Å²) in [6, 6.07) is 12.0. The Hall–Kier alpha value is -0.340. The lowest BCUT2D eigenvalue weighted by Gasteiger charge is -1.80. The number of benzene rings is 1. The van der Waals surface area contributed by atoms with Gasteiger partial charge in [-0.3, -0.25) is 0 Å². The SMILES string of the molecule is O=P(O)(O)Cl.c1ccccc1. The molecule has 0 atom stereocenters. The maximum Gasteiger partial charge on any atom is 0.419 e. The van der Waals surface area contributed by atoms with Gasteiger partial charge in [0.15, 0.2) is 0 Å². The number of rotatable bonds is 0. The summed E-state index contributed by atoms with van der Waals surface area (Å²) in [4.78, 5) is 14.8. The van der Waals surface area contributed by atoms with Crippen molar-refractivity contribution in [3.05, 3.63) is 36.4 Å². The lowest BCUT2D eigenvalue weighted by atomic mass is 10.4. The van der Waals surface area contributed by atoms with Gasteiger partial charge in [-0.2, -0.15) is 0 Å². The zero-order chi connectivity index (χ0) is 8.74. The van der Waals surface area contributed by atoms with Crippen molar-refractivity contribution in [3.63, 3.8) is 0 Å². The molecule has 11 heavy (non-hydrogen) atoms. The minimum Gasteiger partial charge on any atom is -0.313 e. The Bertz CT molecular complexity index is 186. The van der Waals surface area contributed by atoms with Gasteiger partial charge in [0, 0.05) is 11.2 Å². The van der Waals surface area contributed by atoms with E-state index in [2.05, 4.69) is 11.2 Å². The fourth-order valence-corrected chi connectivity index (χ4v) is 0.385. The first-order chi connectivity index (χ1) is 5.00. The Morgan fingerprint density at radius 2 is 1.00 bits per heavy atom. The maximum absolute atomic E-state index is 9.09. The molecule has 0 radical (unpaired) electrons. The molecule has 0 fully saturated rings. The van der Waals surface area contributed by atoms with Crippen molar-refractivity contribution < 1.29 is 14.4 Å². The standard InChI is InChI=1S/C6H6.ClH2O3P/c1-2-4-6-5-3-1;1-5(2,3)4/h1-6H;(H2,2,3,4). The van der Waals surface area contributed by atoms with Crippen LogP contribution in [0.25, 0.3) is 0 Å². The van der Waals surface area contributed by atoms with Crippen LogP contribution in [0.3, 0.4) is 0 Å². The monoisotopic (exact) mass is 194 g/mol. The van der Waals surface area contributed by atoms with Crippen LogP contribution in [-0.4, -0.2) is 9.79 Å². The van der Waals surface area contributed by atoms with Gasteiger partial charge in [0.05, 0.1) is 0 Å². The van der Waals surface area contributed by atoms with Crippen LogP contribution in [0.5, 0.6) is 0 Å². The lowest BCUT2D eigenvalue weighted by molar-refractivity contribution is 0.395. The van der Waals surface area contributed by atoms with Gasteiger partial charge in [0.1, 0.15) is 0 Å². The first-order valence-corrected chi connectivity index (χ1v) is 5.27. The smallest absolute Gasteiger partial charge is 0.313 e. The summed E-state index contributed by atoms with van der Waals surface area (Å²) in [5.41, 5.74) is 0. The summed E-state index contributed by atoms with van der Waals surface area (Å²) in [5.74, 6) is 0. The molecule has 0 aromatic heterocycles. The predicted octanol–water partition coefficient (Wildman–Crippen LogP) is 2.00. The van der Waals surface area contributed by atoms with Gasteiger partial charge in [-0.1, -0.05) is 36.4 Å². The molecule has 0 aliphatic carbocycles. The van der Waals surface area contributed by atoms with E-state index < -0.39 is 6.95 Å². The van der Waals surface area contributed by atoms with E-state index in [1.165, 1.54) is 0 Å². The van der Waals surface area contributed by atoms with Crippen LogP contribution in [0.15, 0.2) is 36.4 Å². The van der Waals surface area contributed by atoms with E-state index >= 15 is 0 Å². The van der Waals surface area contributed by atoms with Crippen molar-refractivity contribution in [1.29, 1.82) is 0 Å². The van der Waals surface area contributed by atoms with Crippen LogP contribution in [0.1, 0.15) is 0 Å². The Balaban J connectivity index is 0.000000187. The van der Waals surface area contributed by atoms with Gasteiger partial charge >= 0.3 is 6.95 Å². The normalized spacial score (nSPS) is 9.73. The average Bonchev–Trinajstić information content (AvgIpc) is 1.88. The first kappa shape index (κ1) is 10.7. The molecule has 0 heterocycles. The molecule has 0 saturated heterocycles. The highest BCUT2D eigenvalue weighted by molar-refractivity contribution is 7.79. The number of hydrogen-bond acceptors (Lipinski definition) is 1. The van der Waals surface area contributed by atoms with Crippen molar-refractivity contribution in [3.8, 4) is 0 Å². The molecule has 0 saturated carbocycles. The second-order valence-corrected chi connectivity index (χ2v) is 3.89. The molecule has 0 spiro atoms. The molecule has 2 N–H and O–H groups in total. The molecule has 0 bridgehead atoms. The van der Waals surface area contributed by atoms with Crippen LogP contribution < -0.4 is 0 Å². The minimum absolute atomic E-state index is 2.00. The fourth-order valence-electron chi connectivity index (χ4n) is 0.385. The van der Waals surface area contributed by atoms with Gasteiger partial charge in [-0.25, -0.2) is 4.57 Å². The van der Waals surface area contributed by atoms with Crippen LogP contribution in [0.4, 0.5) is 0 Å². The van der Waals surface area contributed by atoms with E-state index in [9.17, 15) is 0 Å². The molecule has 1 aromatic rings. The van der Waals surface area contributed by atoms with Crippen molar-refractivity contribution in [2.45, 2.75) is 0 Å². The van der Waals surface area contributed by atoms with Crippen molar-refractivity contribution in [2.75, 3.05) is 0 Å². The third-order valence-electron chi connectivity index (χ3n) is 0.667. The molecule has 5 heteroatoms. The van der Waals surface area contributed by atoms with Crippen LogP contribution in [-0.2, 0) is 4.57 Å². The van der Waals surface area contributed by atoms with E-state index in [4.69, 9.17) is 14.4 Å². The first-order valence-electron chi connectivity index (χ1n) is 2.75. The third kappa shape index (κ3) is 17.7. The summed E-state index contributed by atoms with van der Waals surface area (Å²) < 4.78 is 9.09. The molecule has 1 rings (SSSR count). The zero-order valence-electron chi connectivity index (χ0n) is 5.59. The zero-order valence-corrected chi connectivity index (χ0v) is 7.24. The van der Waals surface area contributed by atoms with Gasteiger partial charge in [-0.05, 0) is 0 Å². The Morgan fingerprint density at radius 1 is 0.909 bits per heavy atom. The number of halogens is 1. The largest absolute Gasteiger partial charge is 0.419 e. The molecule has 0 amide bonds. The molecule has 0 aliphatic heterocycles. The summed E-state index contributed by atoms with van der Waals surface area (Å²) in [6.07, 6.45) is 0. The highest BCUT2D eigenvalue weighted by Gasteiger charge is 2.01. The topological polar surface area (TPSA) is 57.5 Å². The second kappa shape index (κ2) is 5.33. The van der Waals surface area contributed by atoms with E-state index in [1.807, 2.05) is 36.4 Å². The van der Waals surface area contributed by atoms with Crippen LogP contribution in [0, 0.1) is 0 Å². The maximum atomic E-state index is 9.09. The van der Waals surface area contributed by atoms with Crippen molar-refractivity contribution in [1.82, 2.24) is 0 Å². The highest BCUT2D eigenvalue weighted by Crippen LogP contribution is 2.39. The predicted molar refractivity (Wildman–Crippen MR) is 44.3 cm³/mol. The molecule has 3 nitrogen and oxygen atoms in total. The second-order valence-electron chi connectivity index (χ2n) is 1.63. The average molecular weight is 195 g/mol. The third-order valence-corrected chi connectivity index (χ3v) is 0.667. The van der Waals surface area contributed by atoms with E-state index in [-0.39, 0.29) is 0 Å². The van der Waals surface area contributed by atoms with Gasteiger partial charge in [0.2, 0.25) is 0 Å². The summed E-state index contributed by atoms with van der Waals surface area (Å²) in [5, 5.41) is 0. The van der Waals surface area contributed by atoms with Crippen LogP contribution in [0.2, 0.25) is 0 Å².